The minimum Gasteiger partial charge on any atom is -0.370 e. The van der Waals surface area contributed by atoms with Crippen molar-refractivity contribution in [2.45, 2.75) is 71.1 Å². The molecule has 2 aliphatic rings. The molecule has 0 aliphatic heterocycles. The molecule has 3 nitrogen and oxygen atoms in total. The third kappa shape index (κ3) is 2.82. The first-order chi connectivity index (χ1) is 9.78. The fourth-order valence-electron chi connectivity index (χ4n) is 3.69. The summed E-state index contributed by atoms with van der Waals surface area (Å²) in [6.07, 6.45) is 9.95. The molecule has 1 N–H and O–H groups in total. The fourth-order valence-corrected chi connectivity index (χ4v) is 3.69. The van der Waals surface area contributed by atoms with E-state index in [4.69, 9.17) is 9.97 Å². The third-order valence-electron chi connectivity index (χ3n) is 4.79. The van der Waals surface area contributed by atoms with E-state index >= 15 is 0 Å². The van der Waals surface area contributed by atoms with Gasteiger partial charge in [-0.3, -0.25) is 0 Å². The summed E-state index contributed by atoms with van der Waals surface area (Å²) in [4.78, 5) is 9.85. The van der Waals surface area contributed by atoms with Crippen LogP contribution in [0.5, 0.6) is 0 Å². The normalized spacial score (nSPS) is 25.5. The molecular weight excluding hydrogens is 246 g/mol. The maximum absolute atomic E-state index is 4.93. The third-order valence-corrected chi connectivity index (χ3v) is 4.79. The van der Waals surface area contributed by atoms with E-state index in [2.05, 4.69) is 19.2 Å². The Labute approximate surface area is 122 Å². The monoisotopic (exact) mass is 273 g/mol. The van der Waals surface area contributed by atoms with Crippen LogP contribution < -0.4 is 5.32 Å². The Morgan fingerprint density at radius 1 is 1.15 bits per heavy atom. The highest BCUT2D eigenvalue weighted by Crippen LogP contribution is 2.36. The van der Waals surface area contributed by atoms with Gasteiger partial charge in [0.1, 0.15) is 11.6 Å². The van der Waals surface area contributed by atoms with Gasteiger partial charge >= 0.3 is 0 Å². The zero-order valence-corrected chi connectivity index (χ0v) is 12.9. The zero-order valence-electron chi connectivity index (χ0n) is 12.9. The summed E-state index contributed by atoms with van der Waals surface area (Å²) in [5.74, 6) is 3.68. The summed E-state index contributed by atoms with van der Waals surface area (Å²) in [6, 6.07) is 0. The van der Waals surface area contributed by atoms with Gasteiger partial charge in [-0.1, -0.05) is 26.7 Å². The van der Waals surface area contributed by atoms with Crippen molar-refractivity contribution in [2.24, 2.45) is 5.92 Å². The number of nitrogens with zero attached hydrogens (tertiary/aromatic N) is 2. The van der Waals surface area contributed by atoms with Crippen molar-refractivity contribution in [3.05, 3.63) is 17.1 Å². The van der Waals surface area contributed by atoms with Crippen LogP contribution in [-0.4, -0.2) is 16.5 Å². The van der Waals surface area contributed by atoms with Gasteiger partial charge in [0.25, 0.3) is 0 Å². The lowest BCUT2D eigenvalue weighted by atomic mass is 9.82. The summed E-state index contributed by atoms with van der Waals surface area (Å²) < 4.78 is 0. The molecule has 1 heterocycles. The molecule has 2 unspecified atom stereocenters. The molecule has 110 valence electrons. The van der Waals surface area contributed by atoms with Crippen molar-refractivity contribution >= 4 is 5.82 Å². The lowest BCUT2D eigenvalue weighted by Crippen LogP contribution is -2.17. The topological polar surface area (TPSA) is 37.8 Å². The van der Waals surface area contributed by atoms with Crippen LogP contribution in [0.4, 0.5) is 5.82 Å². The molecule has 0 bridgehead atoms. The molecule has 2 aliphatic carbocycles. The van der Waals surface area contributed by atoms with Crippen LogP contribution in [0.15, 0.2) is 0 Å². The van der Waals surface area contributed by atoms with E-state index in [0.717, 1.165) is 43.4 Å². The second-order valence-corrected chi connectivity index (χ2v) is 6.60. The molecule has 3 heteroatoms. The number of rotatable bonds is 4. The van der Waals surface area contributed by atoms with E-state index in [-0.39, 0.29) is 0 Å². The molecule has 0 spiro atoms. The maximum Gasteiger partial charge on any atom is 0.134 e. The Morgan fingerprint density at radius 2 is 2.05 bits per heavy atom. The molecule has 2 atom stereocenters. The van der Waals surface area contributed by atoms with Crippen LogP contribution in [0.2, 0.25) is 0 Å². The minimum absolute atomic E-state index is 0.590. The highest BCUT2D eigenvalue weighted by Gasteiger charge is 2.26. The molecule has 0 saturated heterocycles. The lowest BCUT2D eigenvalue weighted by molar-refractivity contribution is 0.335. The Hall–Kier alpha value is -1.12. The largest absolute Gasteiger partial charge is 0.370 e. The second kappa shape index (κ2) is 6.11. The van der Waals surface area contributed by atoms with Gasteiger partial charge in [0.15, 0.2) is 0 Å². The molecule has 0 aromatic carbocycles. The number of fused-ring (bicyclic) bond motifs is 1. The minimum atomic E-state index is 0.590. The molecule has 20 heavy (non-hydrogen) atoms. The smallest absolute Gasteiger partial charge is 0.134 e. The van der Waals surface area contributed by atoms with Crippen LogP contribution in [0.3, 0.4) is 0 Å². The van der Waals surface area contributed by atoms with E-state index in [1.165, 1.54) is 43.4 Å². The van der Waals surface area contributed by atoms with Crippen molar-refractivity contribution in [1.29, 1.82) is 0 Å². The molecule has 1 aromatic heterocycles. The average Bonchev–Trinajstić information content (AvgIpc) is 2.93. The van der Waals surface area contributed by atoms with Crippen LogP contribution >= 0.6 is 0 Å². The van der Waals surface area contributed by atoms with Crippen molar-refractivity contribution in [3.8, 4) is 0 Å². The molecule has 1 aromatic rings. The Morgan fingerprint density at radius 3 is 2.85 bits per heavy atom. The molecule has 0 radical (unpaired) electrons. The van der Waals surface area contributed by atoms with E-state index in [1.807, 2.05) is 0 Å². The van der Waals surface area contributed by atoms with Crippen molar-refractivity contribution in [3.63, 3.8) is 0 Å². The molecule has 0 amide bonds. The zero-order chi connectivity index (χ0) is 13.9. The number of anilines is 1. The first-order valence-corrected chi connectivity index (χ1v) is 8.41. The van der Waals surface area contributed by atoms with Gasteiger partial charge in [-0.2, -0.15) is 0 Å². The molecule has 1 saturated carbocycles. The number of hydrogen-bond acceptors (Lipinski definition) is 3. The van der Waals surface area contributed by atoms with E-state index in [1.54, 1.807) is 0 Å². The van der Waals surface area contributed by atoms with Crippen molar-refractivity contribution in [1.82, 2.24) is 9.97 Å². The molecule has 1 fully saturated rings. The van der Waals surface area contributed by atoms with Gasteiger partial charge in [0.2, 0.25) is 0 Å². The number of aromatic nitrogens is 2. The van der Waals surface area contributed by atoms with Crippen LogP contribution in [-0.2, 0) is 12.8 Å². The molecular formula is C17H27N3. The van der Waals surface area contributed by atoms with E-state index in [9.17, 15) is 0 Å². The standard InChI is InChI=1S/C17H27N3/c1-3-10-18-17-14-8-5-9-15(14)19-16(20-17)13-7-4-6-12(2)11-13/h12-13H,3-11H2,1-2H3,(H,18,19,20). The predicted molar refractivity (Wildman–Crippen MR) is 83.2 cm³/mol. The van der Waals surface area contributed by atoms with Crippen LogP contribution in [0.1, 0.15) is 75.4 Å². The predicted octanol–water partition coefficient (Wildman–Crippen LogP) is 4.08. The average molecular weight is 273 g/mol. The Balaban J connectivity index is 1.87. The summed E-state index contributed by atoms with van der Waals surface area (Å²) in [5.41, 5.74) is 2.72. The Bertz CT molecular complexity index is 470. The van der Waals surface area contributed by atoms with E-state index in [0.29, 0.717) is 5.92 Å². The summed E-state index contributed by atoms with van der Waals surface area (Å²) in [7, 11) is 0. The van der Waals surface area contributed by atoms with Crippen LogP contribution in [0.25, 0.3) is 0 Å². The first kappa shape index (κ1) is 13.8. The summed E-state index contributed by atoms with van der Waals surface area (Å²) >= 11 is 0. The summed E-state index contributed by atoms with van der Waals surface area (Å²) in [6.45, 7) is 5.60. The molecule has 3 rings (SSSR count). The number of aryl methyl sites for hydroxylation is 1. The van der Waals surface area contributed by atoms with E-state index < -0.39 is 0 Å². The van der Waals surface area contributed by atoms with Crippen molar-refractivity contribution in [2.75, 3.05) is 11.9 Å². The quantitative estimate of drug-likeness (QED) is 0.898. The van der Waals surface area contributed by atoms with Gasteiger partial charge in [-0.15, -0.1) is 0 Å². The van der Waals surface area contributed by atoms with Gasteiger partial charge in [0, 0.05) is 23.7 Å². The number of hydrogen-bond donors (Lipinski definition) is 1. The van der Waals surface area contributed by atoms with Gasteiger partial charge in [-0.05, 0) is 44.4 Å². The highest BCUT2D eigenvalue weighted by molar-refractivity contribution is 5.49. The lowest BCUT2D eigenvalue weighted by Gasteiger charge is -2.26. The maximum atomic E-state index is 4.93. The van der Waals surface area contributed by atoms with Gasteiger partial charge in [-0.25, -0.2) is 9.97 Å². The first-order valence-electron chi connectivity index (χ1n) is 8.41. The van der Waals surface area contributed by atoms with Gasteiger partial charge < -0.3 is 5.32 Å². The second-order valence-electron chi connectivity index (χ2n) is 6.60. The highest BCUT2D eigenvalue weighted by atomic mass is 15.0. The fraction of sp³-hybridized carbons (Fsp3) is 0.765. The Kier molecular flexibility index (Phi) is 4.23. The van der Waals surface area contributed by atoms with Crippen LogP contribution in [0, 0.1) is 5.92 Å². The van der Waals surface area contributed by atoms with Gasteiger partial charge in [0.05, 0.1) is 0 Å². The number of nitrogens with one attached hydrogen (secondary N) is 1. The summed E-state index contributed by atoms with van der Waals surface area (Å²) in [5, 5.41) is 3.53. The SMILES string of the molecule is CCCNc1nc(C2CCCC(C)C2)nc2c1CCC2. The van der Waals surface area contributed by atoms with Crippen molar-refractivity contribution < 1.29 is 0 Å².